The topological polar surface area (TPSA) is 36.9 Å². The van der Waals surface area contributed by atoms with E-state index in [0.29, 0.717) is 6.61 Å². The molecule has 1 aliphatic heterocycles. The molecule has 0 aromatic rings. The van der Waals surface area contributed by atoms with E-state index in [0.717, 1.165) is 32.3 Å². The highest BCUT2D eigenvalue weighted by Gasteiger charge is 2.33. The van der Waals surface area contributed by atoms with Crippen LogP contribution in [0.15, 0.2) is 12.3 Å². The van der Waals surface area contributed by atoms with Crippen LogP contribution in [0.5, 0.6) is 0 Å². The summed E-state index contributed by atoms with van der Waals surface area (Å²) in [5.41, 5.74) is 0. The largest absolute Gasteiger partial charge is 0.470 e. The first kappa shape index (κ1) is 15.5. The highest BCUT2D eigenvalue weighted by atomic mass is 16.7. The maximum Gasteiger partial charge on any atom is 0.228 e. The fraction of sp³-hybridized carbons (Fsp3) is 0.857. The molecule has 0 amide bonds. The van der Waals surface area contributed by atoms with Gasteiger partial charge in [0.05, 0.1) is 6.26 Å². The lowest BCUT2D eigenvalue weighted by atomic mass is 10.1. The summed E-state index contributed by atoms with van der Waals surface area (Å²) in [4.78, 5) is 0. The summed E-state index contributed by atoms with van der Waals surface area (Å²) in [6.45, 7) is 5.75. The standard InChI is InChI=1S/C14H26O4/c1-4-6-9-16-12-8-11-18-14(15-3)13(12)17-10-7-5-2/h8,11-14H,4-7,9-10H2,1-3H3/t12?,13-,14+/m1/s1. The van der Waals surface area contributed by atoms with E-state index in [2.05, 4.69) is 13.8 Å². The van der Waals surface area contributed by atoms with Crippen molar-refractivity contribution < 1.29 is 18.9 Å². The van der Waals surface area contributed by atoms with E-state index in [1.54, 1.807) is 13.4 Å². The highest BCUT2D eigenvalue weighted by molar-refractivity contribution is 4.96. The molecule has 1 unspecified atom stereocenters. The summed E-state index contributed by atoms with van der Waals surface area (Å²) in [6.07, 6.45) is 7.26. The molecule has 0 aromatic carbocycles. The van der Waals surface area contributed by atoms with Gasteiger partial charge in [-0.3, -0.25) is 0 Å². The third-order valence-corrected chi connectivity index (χ3v) is 2.92. The van der Waals surface area contributed by atoms with Crippen molar-refractivity contribution in [3.63, 3.8) is 0 Å². The van der Waals surface area contributed by atoms with Crippen molar-refractivity contribution in [1.29, 1.82) is 0 Å². The number of hydrogen-bond donors (Lipinski definition) is 0. The van der Waals surface area contributed by atoms with Crippen molar-refractivity contribution in [2.75, 3.05) is 20.3 Å². The third kappa shape index (κ3) is 4.96. The lowest BCUT2D eigenvalue weighted by Gasteiger charge is -2.33. The van der Waals surface area contributed by atoms with Crippen LogP contribution in [0.2, 0.25) is 0 Å². The Labute approximate surface area is 110 Å². The van der Waals surface area contributed by atoms with Gasteiger partial charge in [-0.1, -0.05) is 26.7 Å². The molecule has 0 bridgehead atoms. The van der Waals surface area contributed by atoms with Gasteiger partial charge < -0.3 is 18.9 Å². The number of ether oxygens (including phenoxy) is 4. The lowest BCUT2D eigenvalue weighted by Crippen LogP contribution is -2.45. The van der Waals surface area contributed by atoms with Gasteiger partial charge in [0, 0.05) is 20.3 Å². The SMILES string of the molecule is CCCCOC1C=CO[C@H](OC)[C@@H]1OCCCC. The molecule has 0 radical (unpaired) electrons. The zero-order chi connectivity index (χ0) is 13.2. The molecule has 0 saturated carbocycles. The molecule has 1 heterocycles. The molecule has 1 aliphatic rings. The molecular formula is C14H26O4. The zero-order valence-corrected chi connectivity index (χ0v) is 11.8. The van der Waals surface area contributed by atoms with Crippen molar-refractivity contribution in [2.45, 2.75) is 58.0 Å². The molecule has 0 aromatic heterocycles. The fourth-order valence-electron chi connectivity index (χ4n) is 1.78. The second-order valence-corrected chi connectivity index (χ2v) is 4.45. The Hall–Kier alpha value is -0.580. The molecule has 0 N–H and O–H groups in total. The van der Waals surface area contributed by atoms with Crippen LogP contribution in [0, 0.1) is 0 Å². The Morgan fingerprint density at radius 3 is 2.33 bits per heavy atom. The number of rotatable bonds is 9. The summed E-state index contributed by atoms with van der Waals surface area (Å²) in [7, 11) is 1.63. The van der Waals surface area contributed by atoms with Crippen LogP contribution in [-0.4, -0.2) is 38.8 Å². The summed E-state index contributed by atoms with van der Waals surface area (Å²) in [6, 6.07) is 0. The molecule has 18 heavy (non-hydrogen) atoms. The Kier molecular flexibility index (Phi) is 8.05. The first-order chi connectivity index (χ1) is 8.83. The van der Waals surface area contributed by atoms with Crippen LogP contribution in [0.25, 0.3) is 0 Å². The number of methoxy groups -OCH3 is 1. The predicted molar refractivity (Wildman–Crippen MR) is 70.3 cm³/mol. The molecule has 0 saturated heterocycles. The quantitative estimate of drug-likeness (QED) is 0.596. The van der Waals surface area contributed by atoms with Crippen molar-refractivity contribution in [3.05, 3.63) is 12.3 Å². The molecule has 1 rings (SSSR count). The zero-order valence-electron chi connectivity index (χ0n) is 11.8. The van der Waals surface area contributed by atoms with Gasteiger partial charge in [-0.15, -0.1) is 0 Å². The van der Waals surface area contributed by atoms with E-state index in [-0.39, 0.29) is 18.5 Å². The van der Waals surface area contributed by atoms with E-state index in [4.69, 9.17) is 18.9 Å². The van der Waals surface area contributed by atoms with Gasteiger partial charge in [-0.05, 0) is 18.9 Å². The Morgan fingerprint density at radius 2 is 1.72 bits per heavy atom. The van der Waals surface area contributed by atoms with Crippen molar-refractivity contribution in [1.82, 2.24) is 0 Å². The van der Waals surface area contributed by atoms with Crippen LogP contribution < -0.4 is 0 Å². The molecular weight excluding hydrogens is 232 g/mol. The normalized spacial score (nSPS) is 27.2. The van der Waals surface area contributed by atoms with Crippen LogP contribution in [0.4, 0.5) is 0 Å². The lowest BCUT2D eigenvalue weighted by molar-refractivity contribution is -0.208. The smallest absolute Gasteiger partial charge is 0.228 e. The molecule has 106 valence electrons. The highest BCUT2D eigenvalue weighted by Crippen LogP contribution is 2.20. The number of unbranched alkanes of at least 4 members (excludes halogenated alkanes) is 2. The Morgan fingerprint density at radius 1 is 1.06 bits per heavy atom. The second kappa shape index (κ2) is 9.36. The predicted octanol–water partition coefficient (Wildman–Crippen LogP) is 2.87. The second-order valence-electron chi connectivity index (χ2n) is 4.45. The number of hydrogen-bond acceptors (Lipinski definition) is 4. The molecule has 0 fully saturated rings. The Balaban J connectivity index is 2.47. The first-order valence-electron chi connectivity index (χ1n) is 6.91. The van der Waals surface area contributed by atoms with E-state index in [9.17, 15) is 0 Å². The average Bonchev–Trinajstić information content (AvgIpc) is 2.40. The summed E-state index contributed by atoms with van der Waals surface area (Å²) >= 11 is 0. The average molecular weight is 258 g/mol. The summed E-state index contributed by atoms with van der Waals surface area (Å²) in [5.74, 6) is 0. The van der Waals surface area contributed by atoms with Crippen LogP contribution >= 0.6 is 0 Å². The van der Waals surface area contributed by atoms with Gasteiger partial charge in [-0.25, -0.2) is 0 Å². The minimum atomic E-state index is -0.376. The van der Waals surface area contributed by atoms with E-state index < -0.39 is 0 Å². The van der Waals surface area contributed by atoms with Crippen LogP contribution in [0.3, 0.4) is 0 Å². The van der Waals surface area contributed by atoms with Crippen LogP contribution in [-0.2, 0) is 18.9 Å². The van der Waals surface area contributed by atoms with Gasteiger partial charge in [0.15, 0.2) is 0 Å². The maximum absolute atomic E-state index is 5.84. The van der Waals surface area contributed by atoms with Crippen molar-refractivity contribution in [3.8, 4) is 0 Å². The van der Waals surface area contributed by atoms with Gasteiger partial charge in [0.25, 0.3) is 0 Å². The van der Waals surface area contributed by atoms with E-state index in [1.165, 1.54) is 0 Å². The third-order valence-electron chi connectivity index (χ3n) is 2.92. The minimum Gasteiger partial charge on any atom is -0.470 e. The van der Waals surface area contributed by atoms with Gasteiger partial charge >= 0.3 is 0 Å². The van der Waals surface area contributed by atoms with Crippen LogP contribution in [0.1, 0.15) is 39.5 Å². The van der Waals surface area contributed by atoms with E-state index >= 15 is 0 Å². The monoisotopic (exact) mass is 258 g/mol. The van der Waals surface area contributed by atoms with Crippen molar-refractivity contribution in [2.24, 2.45) is 0 Å². The Bertz CT molecular complexity index is 230. The molecule has 3 atom stereocenters. The molecule has 4 nitrogen and oxygen atoms in total. The van der Waals surface area contributed by atoms with Crippen molar-refractivity contribution >= 4 is 0 Å². The van der Waals surface area contributed by atoms with Gasteiger partial charge in [0.1, 0.15) is 12.2 Å². The fourth-order valence-corrected chi connectivity index (χ4v) is 1.78. The first-order valence-corrected chi connectivity index (χ1v) is 6.91. The van der Waals surface area contributed by atoms with Gasteiger partial charge in [-0.2, -0.15) is 0 Å². The molecule has 0 spiro atoms. The van der Waals surface area contributed by atoms with Gasteiger partial charge in [0.2, 0.25) is 6.29 Å². The maximum atomic E-state index is 5.84. The summed E-state index contributed by atoms with van der Waals surface area (Å²) < 4.78 is 22.4. The minimum absolute atomic E-state index is 0.0768. The summed E-state index contributed by atoms with van der Waals surface area (Å²) in [5, 5.41) is 0. The van der Waals surface area contributed by atoms with E-state index in [1.807, 2.05) is 6.08 Å². The molecule has 0 aliphatic carbocycles. The molecule has 4 heteroatoms.